The van der Waals surface area contributed by atoms with Crippen LogP contribution in [0.1, 0.15) is 11.5 Å². The van der Waals surface area contributed by atoms with Gasteiger partial charge < -0.3 is 13.9 Å². The Hall–Kier alpha value is -1.78. The summed E-state index contributed by atoms with van der Waals surface area (Å²) in [7, 11) is 1.31. The minimum absolute atomic E-state index is 0.0741. The average molecular weight is 198 g/mol. The van der Waals surface area contributed by atoms with Crippen LogP contribution < -0.4 is 0 Å². The maximum atomic E-state index is 10.8. The third kappa shape index (κ3) is 2.93. The van der Waals surface area contributed by atoms with Crippen LogP contribution in [0.25, 0.3) is 0 Å². The van der Waals surface area contributed by atoms with Crippen molar-refractivity contribution in [3.63, 3.8) is 0 Å². The van der Waals surface area contributed by atoms with E-state index in [0.717, 1.165) is 0 Å². The van der Waals surface area contributed by atoms with Gasteiger partial charge in [-0.2, -0.15) is 0 Å². The van der Waals surface area contributed by atoms with Crippen LogP contribution in [-0.4, -0.2) is 19.6 Å². The molecular formula is C9H10O5. The van der Waals surface area contributed by atoms with Crippen molar-refractivity contribution in [1.82, 2.24) is 0 Å². The van der Waals surface area contributed by atoms with Crippen molar-refractivity contribution in [3.8, 4) is 0 Å². The molecule has 14 heavy (non-hydrogen) atoms. The summed E-state index contributed by atoms with van der Waals surface area (Å²) in [6.45, 7) is 0.410. The maximum Gasteiger partial charge on any atom is 0.313 e. The highest BCUT2D eigenvalue weighted by Crippen LogP contribution is 2.09. The minimum atomic E-state index is -0.373. The molecular weight excluding hydrogens is 188 g/mol. The van der Waals surface area contributed by atoms with Gasteiger partial charge in [0.25, 0.3) is 6.47 Å². The zero-order valence-electron chi connectivity index (χ0n) is 7.69. The third-order valence-electron chi connectivity index (χ3n) is 1.56. The van der Waals surface area contributed by atoms with Crippen molar-refractivity contribution < 1.29 is 23.5 Å². The standard InChI is InChI=1S/C9H10O5/c1-12-9(11)4-7-2-3-8(14-7)5-13-6-10/h2-3,6H,4-5H2,1H3. The fraction of sp³-hybridized carbons (Fsp3) is 0.333. The Balaban J connectivity index is 2.50. The Morgan fingerprint density at radius 2 is 2.21 bits per heavy atom. The molecule has 5 heteroatoms. The lowest BCUT2D eigenvalue weighted by Gasteiger charge is -1.95. The average Bonchev–Trinajstić information content (AvgIpc) is 2.62. The summed E-state index contributed by atoms with van der Waals surface area (Å²) in [5.74, 6) is 0.611. The molecule has 0 unspecified atom stereocenters. The summed E-state index contributed by atoms with van der Waals surface area (Å²) in [6, 6.07) is 3.28. The molecule has 0 N–H and O–H groups in total. The molecule has 1 aromatic heterocycles. The first-order valence-corrected chi connectivity index (χ1v) is 3.96. The molecule has 0 amide bonds. The number of hydrogen-bond donors (Lipinski definition) is 0. The molecule has 76 valence electrons. The van der Waals surface area contributed by atoms with E-state index in [1.807, 2.05) is 0 Å². The molecule has 1 heterocycles. The Labute approximate surface area is 80.6 Å². The van der Waals surface area contributed by atoms with Crippen molar-refractivity contribution in [3.05, 3.63) is 23.7 Å². The first kappa shape index (κ1) is 10.3. The SMILES string of the molecule is COC(=O)Cc1ccc(COC=O)o1. The molecule has 0 spiro atoms. The maximum absolute atomic E-state index is 10.8. The van der Waals surface area contributed by atoms with E-state index in [-0.39, 0.29) is 19.0 Å². The fourth-order valence-corrected chi connectivity index (χ4v) is 0.925. The molecule has 0 aliphatic heterocycles. The van der Waals surface area contributed by atoms with Gasteiger partial charge in [-0.05, 0) is 12.1 Å². The topological polar surface area (TPSA) is 65.7 Å². The molecule has 0 saturated carbocycles. The molecule has 0 aromatic carbocycles. The van der Waals surface area contributed by atoms with Gasteiger partial charge in [0.1, 0.15) is 24.5 Å². The molecule has 0 saturated heterocycles. The number of furan rings is 1. The molecule has 1 aromatic rings. The Morgan fingerprint density at radius 1 is 1.50 bits per heavy atom. The molecule has 0 radical (unpaired) electrons. The van der Waals surface area contributed by atoms with E-state index in [1.54, 1.807) is 12.1 Å². The van der Waals surface area contributed by atoms with Gasteiger partial charge in [0.2, 0.25) is 0 Å². The van der Waals surface area contributed by atoms with E-state index in [2.05, 4.69) is 9.47 Å². The molecule has 0 fully saturated rings. The predicted octanol–water partition coefficient (Wildman–Crippen LogP) is 0.668. The Kier molecular flexibility index (Phi) is 3.72. The third-order valence-corrected chi connectivity index (χ3v) is 1.56. The highest BCUT2D eigenvalue weighted by atomic mass is 16.5. The van der Waals surface area contributed by atoms with Crippen LogP contribution >= 0.6 is 0 Å². The number of esters is 1. The largest absolute Gasteiger partial charge is 0.469 e. The van der Waals surface area contributed by atoms with E-state index >= 15 is 0 Å². The van der Waals surface area contributed by atoms with E-state index in [1.165, 1.54) is 7.11 Å². The smallest absolute Gasteiger partial charge is 0.313 e. The van der Waals surface area contributed by atoms with Gasteiger partial charge in [0.05, 0.1) is 7.11 Å². The number of hydrogen-bond acceptors (Lipinski definition) is 5. The summed E-state index contributed by atoms with van der Waals surface area (Å²) >= 11 is 0. The van der Waals surface area contributed by atoms with Gasteiger partial charge in [0.15, 0.2) is 0 Å². The van der Waals surface area contributed by atoms with E-state index in [0.29, 0.717) is 18.0 Å². The Morgan fingerprint density at radius 3 is 2.86 bits per heavy atom. The van der Waals surface area contributed by atoms with Gasteiger partial charge in [0, 0.05) is 0 Å². The summed E-state index contributed by atoms with van der Waals surface area (Å²) in [4.78, 5) is 20.7. The van der Waals surface area contributed by atoms with Gasteiger partial charge in [-0.15, -0.1) is 0 Å². The van der Waals surface area contributed by atoms with Crippen molar-refractivity contribution in [2.75, 3.05) is 7.11 Å². The van der Waals surface area contributed by atoms with E-state index < -0.39 is 0 Å². The fourth-order valence-electron chi connectivity index (χ4n) is 0.925. The van der Waals surface area contributed by atoms with E-state index in [4.69, 9.17) is 4.42 Å². The lowest BCUT2D eigenvalue weighted by Crippen LogP contribution is -2.03. The highest BCUT2D eigenvalue weighted by Gasteiger charge is 2.07. The van der Waals surface area contributed by atoms with Crippen LogP contribution in [0.3, 0.4) is 0 Å². The Bertz CT molecular complexity index is 315. The molecule has 0 aliphatic rings. The first-order valence-electron chi connectivity index (χ1n) is 3.96. The second-order valence-corrected chi connectivity index (χ2v) is 2.53. The second-order valence-electron chi connectivity index (χ2n) is 2.53. The first-order chi connectivity index (χ1) is 6.76. The normalized spacial score (nSPS) is 9.50. The van der Waals surface area contributed by atoms with Gasteiger partial charge in [-0.25, -0.2) is 0 Å². The van der Waals surface area contributed by atoms with Gasteiger partial charge >= 0.3 is 5.97 Å². The summed E-state index contributed by atoms with van der Waals surface area (Å²) in [5.41, 5.74) is 0. The second kappa shape index (κ2) is 5.06. The molecule has 5 nitrogen and oxygen atoms in total. The van der Waals surface area contributed by atoms with Crippen LogP contribution in [-0.2, 0) is 32.1 Å². The van der Waals surface area contributed by atoms with Crippen LogP contribution in [0, 0.1) is 0 Å². The zero-order valence-corrected chi connectivity index (χ0v) is 7.69. The lowest BCUT2D eigenvalue weighted by atomic mass is 10.3. The lowest BCUT2D eigenvalue weighted by molar-refractivity contribution is -0.140. The molecule has 0 atom stereocenters. The van der Waals surface area contributed by atoms with Gasteiger partial charge in [-0.1, -0.05) is 0 Å². The van der Waals surface area contributed by atoms with Crippen molar-refractivity contribution in [1.29, 1.82) is 0 Å². The van der Waals surface area contributed by atoms with Crippen molar-refractivity contribution in [2.45, 2.75) is 13.0 Å². The number of carbonyl (C=O) groups is 2. The number of carbonyl (C=O) groups excluding carboxylic acids is 2. The van der Waals surface area contributed by atoms with Crippen LogP contribution in [0.4, 0.5) is 0 Å². The predicted molar refractivity (Wildman–Crippen MR) is 45.3 cm³/mol. The number of methoxy groups -OCH3 is 1. The molecule has 0 bridgehead atoms. The number of ether oxygens (including phenoxy) is 2. The van der Waals surface area contributed by atoms with Crippen molar-refractivity contribution in [2.24, 2.45) is 0 Å². The quantitative estimate of drug-likeness (QED) is 0.513. The molecule has 1 rings (SSSR count). The van der Waals surface area contributed by atoms with Crippen LogP contribution in [0.2, 0.25) is 0 Å². The minimum Gasteiger partial charge on any atom is -0.469 e. The summed E-state index contributed by atoms with van der Waals surface area (Å²) in [5, 5.41) is 0. The highest BCUT2D eigenvalue weighted by molar-refractivity contribution is 5.71. The molecule has 0 aliphatic carbocycles. The van der Waals surface area contributed by atoms with Crippen LogP contribution in [0.5, 0.6) is 0 Å². The summed E-state index contributed by atoms with van der Waals surface area (Å²) in [6.07, 6.45) is 0.0809. The monoisotopic (exact) mass is 198 g/mol. The van der Waals surface area contributed by atoms with Crippen molar-refractivity contribution >= 4 is 12.4 Å². The summed E-state index contributed by atoms with van der Waals surface area (Å²) < 4.78 is 14.1. The van der Waals surface area contributed by atoms with E-state index in [9.17, 15) is 9.59 Å². The van der Waals surface area contributed by atoms with Gasteiger partial charge in [-0.3, -0.25) is 9.59 Å². The van der Waals surface area contributed by atoms with Crippen LogP contribution in [0.15, 0.2) is 16.5 Å². The number of rotatable bonds is 5. The zero-order chi connectivity index (χ0) is 10.4.